The number of amides is 1. The molecule has 0 saturated carbocycles. The van der Waals surface area contributed by atoms with Crippen LogP contribution in [0.5, 0.6) is 0 Å². The van der Waals surface area contributed by atoms with Crippen molar-refractivity contribution in [2.75, 3.05) is 26.2 Å². The molecule has 3 N–H and O–H groups in total. The predicted molar refractivity (Wildman–Crippen MR) is 78.8 cm³/mol. The molecule has 0 aliphatic rings. The molecule has 1 amide bonds. The Labute approximate surface area is 127 Å². The van der Waals surface area contributed by atoms with Gasteiger partial charge in [0.1, 0.15) is 6.54 Å². The zero-order chi connectivity index (χ0) is 14.0. The summed E-state index contributed by atoms with van der Waals surface area (Å²) in [6.45, 7) is 4.17. The first kappa shape index (κ1) is 20.6. The van der Waals surface area contributed by atoms with Gasteiger partial charge in [-0.2, -0.15) is 13.2 Å². The largest absolute Gasteiger partial charge is 0.390 e. The highest BCUT2D eigenvalue weighted by atomic mass is 127. The second-order valence-electron chi connectivity index (χ2n) is 3.44. The molecule has 0 atom stereocenters. The van der Waals surface area contributed by atoms with Crippen molar-refractivity contribution in [2.24, 2.45) is 4.99 Å². The van der Waals surface area contributed by atoms with E-state index < -0.39 is 12.6 Å². The maximum Gasteiger partial charge on any atom is 0.390 e. The normalized spacial score (nSPS) is 11.5. The molecule has 0 bridgehead atoms. The zero-order valence-electron chi connectivity index (χ0n) is 10.9. The highest BCUT2D eigenvalue weighted by Gasteiger charge is 2.26. The second kappa shape index (κ2) is 11.1. The number of aliphatic imine (C=N–C) groups is 1. The van der Waals surface area contributed by atoms with Crippen LogP contribution in [0.15, 0.2) is 4.99 Å². The third-order valence-corrected chi connectivity index (χ3v) is 1.80. The summed E-state index contributed by atoms with van der Waals surface area (Å²) in [5.74, 6) is -0.0708. The number of guanidine groups is 1. The lowest BCUT2D eigenvalue weighted by molar-refractivity contribution is -0.132. The van der Waals surface area contributed by atoms with Gasteiger partial charge in [-0.05, 0) is 13.8 Å². The lowest BCUT2D eigenvalue weighted by Crippen LogP contribution is -2.39. The summed E-state index contributed by atoms with van der Waals surface area (Å²) in [4.78, 5) is 15.0. The van der Waals surface area contributed by atoms with Gasteiger partial charge in [0.25, 0.3) is 0 Å². The van der Waals surface area contributed by atoms with Gasteiger partial charge < -0.3 is 16.0 Å². The quantitative estimate of drug-likeness (QED) is 0.360. The fourth-order valence-electron chi connectivity index (χ4n) is 1.07. The minimum Gasteiger partial charge on any atom is -0.357 e. The number of alkyl halides is 3. The van der Waals surface area contributed by atoms with Gasteiger partial charge in [0, 0.05) is 19.6 Å². The SMILES string of the molecule is CCNC(=O)CN=C(NCC)NCCC(F)(F)F.I. The van der Waals surface area contributed by atoms with E-state index in [2.05, 4.69) is 20.9 Å². The topological polar surface area (TPSA) is 65.5 Å². The lowest BCUT2D eigenvalue weighted by atomic mass is 10.4. The number of likely N-dealkylation sites (N-methyl/N-ethyl adjacent to an activating group) is 1. The molecule has 0 aromatic rings. The van der Waals surface area contributed by atoms with Crippen LogP contribution in [0, 0.1) is 0 Å². The molecule has 0 spiro atoms. The van der Waals surface area contributed by atoms with Crippen molar-refractivity contribution >= 4 is 35.8 Å². The van der Waals surface area contributed by atoms with Crippen LogP contribution in [0.1, 0.15) is 20.3 Å². The van der Waals surface area contributed by atoms with E-state index in [1.807, 2.05) is 0 Å². The van der Waals surface area contributed by atoms with Crippen molar-refractivity contribution in [3.05, 3.63) is 0 Å². The number of hydrogen-bond donors (Lipinski definition) is 3. The summed E-state index contributed by atoms with van der Waals surface area (Å²) in [6, 6.07) is 0. The average molecular weight is 396 g/mol. The van der Waals surface area contributed by atoms with Crippen molar-refractivity contribution in [3.8, 4) is 0 Å². The highest BCUT2D eigenvalue weighted by Crippen LogP contribution is 2.17. The molecule has 0 unspecified atom stereocenters. The minimum absolute atomic E-state index is 0. The Kier molecular flexibility index (Phi) is 12.0. The molecule has 0 rings (SSSR count). The molecular formula is C10H20F3IN4O. The van der Waals surface area contributed by atoms with Crippen molar-refractivity contribution in [1.82, 2.24) is 16.0 Å². The van der Waals surface area contributed by atoms with Crippen molar-refractivity contribution < 1.29 is 18.0 Å². The van der Waals surface area contributed by atoms with E-state index >= 15 is 0 Å². The summed E-state index contributed by atoms with van der Waals surface area (Å²) in [6.07, 6.45) is -5.15. The summed E-state index contributed by atoms with van der Waals surface area (Å²) >= 11 is 0. The minimum atomic E-state index is -4.20. The molecule has 0 aliphatic heterocycles. The molecule has 0 heterocycles. The molecule has 0 radical (unpaired) electrons. The number of carbonyl (C=O) groups is 1. The molecule has 0 aliphatic carbocycles. The van der Waals surface area contributed by atoms with E-state index in [1.165, 1.54) is 0 Å². The van der Waals surface area contributed by atoms with Gasteiger partial charge >= 0.3 is 6.18 Å². The fourth-order valence-corrected chi connectivity index (χ4v) is 1.07. The van der Waals surface area contributed by atoms with Crippen LogP contribution in [0.25, 0.3) is 0 Å². The third-order valence-electron chi connectivity index (χ3n) is 1.80. The predicted octanol–water partition coefficient (Wildman–Crippen LogP) is 1.25. The second-order valence-corrected chi connectivity index (χ2v) is 3.44. The van der Waals surface area contributed by atoms with Gasteiger partial charge in [-0.15, -0.1) is 24.0 Å². The standard InChI is InChI=1S/C10H19F3N4O.HI/c1-3-14-8(18)7-17-9(15-4-2)16-6-5-10(11,12)13;/h3-7H2,1-2H3,(H,14,18)(H2,15,16,17);1H. The van der Waals surface area contributed by atoms with E-state index in [1.54, 1.807) is 13.8 Å². The molecule has 0 fully saturated rings. The zero-order valence-corrected chi connectivity index (χ0v) is 13.3. The Hall–Kier alpha value is -0.740. The average Bonchev–Trinajstić information content (AvgIpc) is 2.24. The number of nitrogens with one attached hydrogen (secondary N) is 3. The van der Waals surface area contributed by atoms with Gasteiger partial charge in [-0.25, -0.2) is 4.99 Å². The van der Waals surface area contributed by atoms with Crippen molar-refractivity contribution in [2.45, 2.75) is 26.4 Å². The first-order chi connectivity index (χ1) is 8.39. The summed E-state index contributed by atoms with van der Waals surface area (Å²) in [5, 5.41) is 7.81. The highest BCUT2D eigenvalue weighted by molar-refractivity contribution is 14.0. The number of rotatable bonds is 6. The first-order valence-corrected chi connectivity index (χ1v) is 5.74. The van der Waals surface area contributed by atoms with Crippen LogP contribution in [-0.2, 0) is 4.79 Å². The molecule has 0 aromatic heterocycles. The number of nitrogens with zero attached hydrogens (tertiary/aromatic N) is 1. The number of carbonyl (C=O) groups excluding carboxylic acids is 1. The molecule has 114 valence electrons. The van der Waals surface area contributed by atoms with Crippen LogP contribution in [-0.4, -0.2) is 44.2 Å². The smallest absolute Gasteiger partial charge is 0.357 e. The van der Waals surface area contributed by atoms with Gasteiger partial charge in [-0.3, -0.25) is 4.79 Å². The lowest BCUT2D eigenvalue weighted by Gasteiger charge is -2.12. The Balaban J connectivity index is 0. The Morgan fingerprint density at radius 1 is 1.11 bits per heavy atom. The van der Waals surface area contributed by atoms with Crippen LogP contribution in [0.4, 0.5) is 13.2 Å². The number of halogens is 4. The van der Waals surface area contributed by atoms with E-state index in [9.17, 15) is 18.0 Å². The maximum absolute atomic E-state index is 11.9. The van der Waals surface area contributed by atoms with Gasteiger partial charge in [0.05, 0.1) is 6.42 Å². The Morgan fingerprint density at radius 3 is 2.16 bits per heavy atom. The monoisotopic (exact) mass is 396 g/mol. The summed E-state index contributed by atoms with van der Waals surface area (Å²) < 4.78 is 35.8. The van der Waals surface area contributed by atoms with Gasteiger partial charge in [0.15, 0.2) is 5.96 Å². The van der Waals surface area contributed by atoms with Crippen LogP contribution >= 0.6 is 24.0 Å². The number of hydrogen-bond acceptors (Lipinski definition) is 2. The first-order valence-electron chi connectivity index (χ1n) is 5.74. The molecule has 0 saturated heterocycles. The molecular weight excluding hydrogens is 376 g/mol. The van der Waals surface area contributed by atoms with E-state index in [-0.39, 0.29) is 48.9 Å². The summed E-state index contributed by atoms with van der Waals surface area (Å²) in [7, 11) is 0. The molecule has 0 aromatic carbocycles. The molecule has 19 heavy (non-hydrogen) atoms. The van der Waals surface area contributed by atoms with Gasteiger partial charge in [0.2, 0.25) is 5.91 Å². The fraction of sp³-hybridized carbons (Fsp3) is 0.800. The summed E-state index contributed by atoms with van der Waals surface area (Å²) in [5.41, 5.74) is 0. The Bertz CT molecular complexity index is 284. The molecule has 9 heteroatoms. The maximum atomic E-state index is 11.9. The van der Waals surface area contributed by atoms with Crippen LogP contribution < -0.4 is 16.0 Å². The molecule has 5 nitrogen and oxygen atoms in total. The van der Waals surface area contributed by atoms with E-state index in [0.29, 0.717) is 13.1 Å². The van der Waals surface area contributed by atoms with Crippen molar-refractivity contribution in [3.63, 3.8) is 0 Å². The van der Waals surface area contributed by atoms with E-state index in [0.717, 1.165) is 0 Å². The van der Waals surface area contributed by atoms with Crippen LogP contribution in [0.3, 0.4) is 0 Å². The van der Waals surface area contributed by atoms with E-state index in [4.69, 9.17) is 0 Å². The Morgan fingerprint density at radius 2 is 1.68 bits per heavy atom. The van der Waals surface area contributed by atoms with Crippen molar-refractivity contribution in [1.29, 1.82) is 0 Å². The van der Waals surface area contributed by atoms with Crippen LogP contribution in [0.2, 0.25) is 0 Å². The van der Waals surface area contributed by atoms with Gasteiger partial charge in [-0.1, -0.05) is 0 Å². The third kappa shape index (κ3) is 13.5.